The van der Waals surface area contributed by atoms with Gasteiger partial charge in [0.05, 0.1) is 6.26 Å². The van der Waals surface area contributed by atoms with Crippen molar-refractivity contribution in [1.82, 2.24) is 19.8 Å². The van der Waals surface area contributed by atoms with Crippen LogP contribution in [0.3, 0.4) is 0 Å². The van der Waals surface area contributed by atoms with Crippen molar-refractivity contribution in [3.63, 3.8) is 0 Å². The number of hydrogen-bond donors (Lipinski definition) is 2. The highest BCUT2D eigenvalue weighted by Gasteiger charge is 2.15. The molecule has 1 aliphatic heterocycles. The molecule has 0 radical (unpaired) electrons. The number of nitrogens with zero attached hydrogens (tertiary/aromatic N) is 2. The van der Waals surface area contributed by atoms with Crippen molar-refractivity contribution in [2.45, 2.75) is 12.8 Å². The lowest BCUT2D eigenvalue weighted by molar-refractivity contribution is 0.131. The van der Waals surface area contributed by atoms with Gasteiger partial charge in [-0.25, -0.2) is 13.1 Å². The summed E-state index contributed by atoms with van der Waals surface area (Å²) in [6.07, 6.45) is 3.29. The third-order valence-corrected chi connectivity index (χ3v) is 4.11. The van der Waals surface area contributed by atoms with E-state index in [0.717, 1.165) is 45.7 Å². The molecule has 0 aromatic heterocycles. The van der Waals surface area contributed by atoms with Crippen LogP contribution < -0.4 is 10.0 Å². The van der Waals surface area contributed by atoms with Gasteiger partial charge in [-0.2, -0.15) is 0 Å². The van der Waals surface area contributed by atoms with Crippen molar-refractivity contribution < 1.29 is 8.42 Å². The number of hydrogen-bond acceptors (Lipinski definition) is 5. The molecule has 0 amide bonds. The van der Waals surface area contributed by atoms with Gasteiger partial charge in [0.25, 0.3) is 0 Å². The van der Waals surface area contributed by atoms with Gasteiger partial charge in [-0.05, 0) is 39.5 Å². The van der Waals surface area contributed by atoms with Crippen LogP contribution in [0.2, 0.25) is 0 Å². The summed E-state index contributed by atoms with van der Waals surface area (Å²) in [7, 11) is -1.04. The number of rotatable bonds is 9. The zero-order chi connectivity index (χ0) is 14.1. The number of sulfonamides is 1. The summed E-state index contributed by atoms with van der Waals surface area (Å²) in [4.78, 5) is 4.92. The Bertz CT molecular complexity index is 327. The van der Waals surface area contributed by atoms with Gasteiger partial charge in [-0.15, -0.1) is 0 Å². The Kier molecular flexibility index (Phi) is 7.86. The minimum absolute atomic E-state index is 0.543. The molecule has 6 nitrogen and oxygen atoms in total. The summed E-state index contributed by atoms with van der Waals surface area (Å²) in [6, 6.07) is 0. The molecule has 0 spiro atoms. The maximum Gasteiger partial charge on any atom is 0.208 e. The van der Waals surface area contributed by atoms with Crippen LogP contribution >= 0.6 is 0 Å². The van der Waals surface area contributed by atoms with E-state index in [2.05, 4.69) is 19.8 Å². The highest BCUT2D eigenvalue weighted by atomic mass is 32.2. The average Bonchev–Trinajstić information content (AvgIpc) is 2.36. The predicted octanol–water partition coefficient (Wildman–Crippen LogP) is -0.847. The predicted molar refractivity (Wildman–Crippen MR) is 78.9 cm³/mol. The zero-order valence-corrected chi connectivity index (χ0v) is 13.0. The van der Waals surface area contributed by atoms with Crippen LogP contribution in [-0.2, 0) is 10.0 Å². The molecule has 1 fully saturated rings. The van der Waals surface area contributed by atoms with Gasteiger partial charge >= 0.3 is 0 Å². The Labute approximate surface area is 117 Å². The monoisotopic (exact) mass is 292 g/mol. The second-order valence-electron chi connectivity index (χ2n) is 5.16. The van der Waals surface area contributed by atoms with E-state index >= 15 is 0 Å². The fourth-order valence-electron chi connectivity index (χ4n) is 2.28. The molecule has 0 atom stereocenters. The summed E-state index contributed by atoms with van der Waals surface area (Å²) >= 11 is 0. The number of nitrogens with one attached hydrogen (secondary N) is 2. The second kappa shape index (κ2) is 8.86. The summed E-state index contributed by atoms with van der Waals surface area (Å²) in [5.41, 5.74) is 0. The lowest BCUT2D eigenvalue weighted by atomic mass is 10.2. The molecule has 114 valence electrons. The van der Waals surface area contributed by atoms with Crippen LogP contribution in [0.5, 0.6) is 0 Å². The summed E-state index contributed by atoms with van der Waals surface area (Å²) in [5, 5.41) is 3.17. The van der Waals surface area contributed by atoms with Crippen molar-refractivity contribution in [2.24, 2.45) is 0 Å². The molecule has 1 aliphatic rings. The first kappa shape index (κ1) is 16.8. The summed E-state index contributed by atoms with van der Waals surface area (Å²) in [5.74, 6) is 0. The van der Waals surface area contributed by atoms with Gasteiger partial charge in [-0.3, -0.25) is 0 Å². The molecule has 7 heteroatoms. The second-order valence-corrected chi connectivity index (χ2v) is 6.99. The summed E-state index contributed by atoms with van der Waals surface area (Å²) < 4.78 is 24.4. The molecule has 2 N–H and O–H groups in total. The van der Waals surface area contributed by atoms with E-state index < -0.39 is 10.0 Å². The van der Waals surface area contributed by atoms with E-state index in [-0.39, 0.29) is 0 Å². The SMILES string of the molecule is CNCCCN1CCN(CCCNS(C)(=O)=O)CC1. The molecule has 0 aliphatic carbocycles. The Balaban J connectivity index is 2.03. The van der Waals surface area contributed by atoms with E-state index in [1.807, 2.05) is 7.05 Å². The molecule has 0 aromatic carbocycles. The minimum atomic E-state index is -3.03. The van der Waals surface area contributed by atoms with Crippen molar-refractivity contribution in [3.05, 3.63) is 0 Å². The highest BCUT2D eigenvalue weighted by molar-refractivity contribution is 7.88. The molecule has 0 unspecified atom stereocenters. The Morgan fingerprint density at radius 2 is 1.42 bits per heavy atom. The lowest BCUT2D eigenvalue weighted by Gasteiger charge is -2.34. The van der Waals surface area contributed by atoms with Crippen molar-refractivity contribution in [2.75, 3.05) is 65.7 Å². The molecule has 1 heterocycles. The van der Waals surface area contributed by atoms with Crippen LogP contribution in [0.1, 0.15) is 12.8 Å². The first-order chi connectivity index (χ1) is 9.01. The molecule has 0 aromatic rings. The Morgan fingerprint density at radius 3 is 1.84 bits per heavy atom. The average molecular weight is 292 g/mol. The van der Waals surface area contributed by atoms with Crippen molar-refractivity contribution in [3.8, 4) is 0 Å². The lowest BCUT2D eigenvalue weighted by Crippen LogP contribution is -2.47. The molecular formula is C12H28N4O2S. The van der Waals surface area contributed by atoms with Crippen LogP contribution in [0, 0.1) is 0 Å². The molecule has 19 heavy (non-hydrogen) atoms. The fraction of sp³-hybridized carbons (Fsp3) is 1.00. The van der Waals surface area contributed by atoms with E-state index in [1.165, 1.54) is 19.2 Å². The maximum absolute atomic E-state index is 10.9. The minimum Gasteiger partial charge on any atom is -0.320 e. The van der Waals surface area contributed by atoms with E-state index in [4.69, 9.17) is 0 Å². The van der Waals surface area contributed by atoms with Crippen molar-refractivity contribution in [1.29, 1.82) is 0 Å². The fourth-order valence-corrected chi connectivity index (χ4v) is 2.79. The quantitative estimate of drug-likeness (QED) is 0.542. The normalized spacial score (nSPS) is 18.8. The topological polar surface area (TPSA) is 64.7 Å². The Morgan fingerprint density at radius 1 is 0.947 bits per heavy atom. The maximum atomic E-state index is 10.9. The van der Waals surface area contributed by atoms with Gasteiger partial charge in [0.15, 0.2) is 0 Å². The highest BCUT2D eigenvalue weighted by Crippen LogP contribution is 2.02. The van der Waals surface area contributed by atoms with Gasteiger partial charge < -0.3 is 15.1 Å². The molecule has 1 saturated heterocycles. The van der Waals surface area contributed by atoms with Gasteiger partial charge in [0.2, 0.25) is 10.0 Å². The van der Waals surface area contributed by atoms with E-state index in [0.29, 0.717) is 6.54 Å². The van der Waals surface area contributed by atoms with Crippen LogP contribution in [0.4, 0.5) is 0 Å². The van der Waals surface area contributed by atoms with Crippen LogP contribution in [-0.4, -0.2) is 83.9 Å². The van der Waals surface area contributed by atoms with Crippen molar-refractivity contribution >= 4 is 10.0 Å². The van der Waals surface area contributed by atoms with Gasteiger partial charge in [-0.1, -0.05) is 0 Å². The number of piperazine rings is 1. The standard InChI is InChI=1S/C12H28N4O2S/c1-13-5-3-7-15-9-11-16(12-10-15)8-4-6-14-19(2,17)18/h13-14H,3-12H2,1-2H3. The Hall–Kier alpha value is -0.210. The van der Waals surface area contributed by atoms with Gasteiger partial charge in [0.1, 0.15) is 0 Å². The third kappa shape index (κ3) is 8.54. The van der Waals surface area contributed by atoms with Gasteiger partial charge in [0, 0.05) is 32.7 Å². The molecule has 1 rings (SSSR count). The first-order valence-corrected chi connectivity index (χ1v) is 8.94. The first-order valence-electron chi connectivity index (χ1n) is 7.05. The van der Waals surface area contributed by atoms with Crippen LogP contribution in [0.15, 0.2) is 0 Å². The largest absolute Gasteiger partial charge is 0.320 e. The third-order valence-electron chi connectivity index (χ3n) is 3.38. The summed E-state index contributed by atoms with van der Waals surface area (Å²) in [6.45, 7) is 8.22. The molecule has 0 saturated carbocycles. The molecule has 0 bridgehead atoms. The van der Waals surface area contributed by atoms with Crippen LogP contribution in [0.25, 0.3) is 0 Å². The zero-order valence-electron chi connectivity index (χ0n) is 12.2. The van der Waals surface area contributed by atoms with E-state index in [9.17, 15) is 8.42 Å². The molecular weight excluding hydrogens is 264 g/mol. The van der Waals surface area contributed by atoms with E-state index in [1.54, 1.807) is 0 Å². The smallest absolute Gasteiger partial charge is 0.208 e.